The van der Waals surface area contributed by atoms with E-state index in [4.69, 9.17) is 0 Å². The highest BCUT2D eigenvalue weighted by molar-refractivity contribution is 5.85. The Balaban J connectivity index is 2.09. The van der Waals surface area contributed by atoms with Crippen LogP contribution in [0.4, 0.5) is 5.82 Å². The highest BCUT2D eigenvalue weighted by Gasteiger charge is 2.10. The monoisotopic (exact) mass is 196 g/mol. The molecule has 1 aromatic carbocycles. The quantitative estimate of drug-likeness (QED) is 0.697. The molecule has 0 bridgehead atoms. The van der Waals surface area contributed by atoms with E-state index >= 15 is 0 Å². The van der Waals surface area contributed by atoms with Gasteiger partial charge in [0.25, 0.3) is 0 Å². The zero-order chi connectivity index (χ0) is 10.1. The topological polar surface area (TPSA) is 28.5 Å². The molecule has 3 nitrogen and oxygen atoms in total. The number of hydrogen-bond acceptors (Lipinski definition) is 3. The van der Waals surface area contributed by atoms with Crippen molar-refractivity contribution in [3.63, 3.8) is 0 Å². The van der Waals surface area contributed by atoms with Crippen molar-refractivity contribution in [1.29, 1.82) is 0 Å². The second-order valence-electron chi connectivity index (χ2n) is 3.50. The molecule has 0 fully saturated rings. The molecular weight excluding hydrogens is 186 g/mol. The Hall–Kier alpha value is -1.90. The standard InChI is InChI=1S/C12H10N3/c1-2-4-11-10(3-1)5-6-12(14-11)15-8-7-13-9-15/h1-6H,7-8H2. The van der Waals surface area contributed by atoms with E-state index in [-0.39, 0.29) is 0 Å². The van der Waals surface area contributed by atoms with Crippen LogP contribution in [0.15, 0.2) is 41.4 Å². The molecule has 0 amide bonds. The van der Waals surface area contributed by atoms with Gasteiger partial charge in [0.05, 0.1) is 12.1 Å². The fraction of sp³-hybridized carbons (Fsp3) is 0.167. The van der Waals surface area contributed by atoms with Gasteiger partial charge in [0.15, 0.2) is 6.34 Å². The van der Waals surface area contributed by atoms with Crippen LogP contribution in [0, 0.1) is 0 Å². The predicted octanol–water partition coefficient (Wildman–Crippen LogP) is 1.96. The van der Waals surface area contributed by atoms with Gasteiger partial charge in [-0.1, -0.05) is 18.2 Å². The molecule has 2 heterocycles. The van der Waals surface area contributed by atoms with E-state index in [1.807, 2.05) is 29.2 Å². The lowest BCUT2D eigenvalue weighted by molar-refractivity contribution is 1.01. The number of benzene rings is 1. The molecule has 73 valence electrons. The summed E-state index contributed by atoms with van der Waals surface area (Å²) < 4.78 is 0. The molecule has 0 saturated heterocycles. The molecule has 15 heavy (non-hydrogen) atoms. The first-order chi connectivity index (χ1) is 7.43. The van der Waals surface area contributed by atoms with E-state index < -0.39 is 0 Å². The summed E-state index contributed by atoms with van der Waals surface area (Å²) in [6, 6.07) is 12.2. The zero-order valence-electron chi connectivity index (χ0n) is 8.22. The molecule has 1 aliphatic rings. The molecule has 0 unspecified atom stereocenters. The van der Waals surface area contributed by atoms with Crippen LogP contribution in [0.25, 0.3) is 10.9 Å². The first-order valence-corrected chi connectivity index (χ1v) is 4.99. The van der Waals surface area contributed by atoms with Crippen molar-refractivity contribution in [3.8, 4) is 0 Å². The number of pyridine rings is 1. The van der Waals surface area contributed by atoms with Crippen LogP contribution < -0.4 is 4.90 Å². The van der Waals surface area contributed by atoms with Crippen molar-refractivity contribution >= 4 is 23.1 Å². The summed E-state index contributed by atoms with van der Waals surface area (Å²) in [5.41, 5.74) is 1.02. The van der Waals surface area contributed by atoms with Crippen molar-refractivity contribution < 1.29 is 0 Å². The van der Waals surface area contributed by atoms with Crippen LogP contribution in [-0.2, 0) is 0 Å². The number of fused-ring (bicyclic) bond motifs is 1. The predicted molar refractivity (Wildman–Crippen MR) is 61.4 cm³/mol. The Kier molecular flexibility index (Phi) is 1.88. The van der Waals surface area contributed by atoms with Gasteiger partial charge in [0, 0.05) is 11.9 Å². The maximum Gasteiger partial charge on any atom is 0.173 e. The second-order valence-corrected chi connectivity index (χ2v) is 3.50. The van der Waals surface area contributed by atoms with Gasteiger partial charge in [-0.15, -0.1) is 0 Å². The second kappa shape index (κ2) is 3.35. The SMILES string of the molecule is [C]1=NCCN1c1ccc2ccccc2n1. The normalized spacial score (nSPS) is 15.1. The number of hydrogen-bond donors (Lipinski definition) is 0. The number of aromatic nitrogens is 1. The van der Waals surface area contributed by atoms with E-state index in [2.05, 4.69) is 28.4 Å². The summed E-state index contributed by atoms with van der Waals surface area (Å²) in [5.74, 6) is 0.926. The molecule has 2 aromatic rings. The van der Waals surface area contributed by atoms with Crippen LogP contribution >= 0.6 is 0 Å². The van der Waals surface area contributed by atoms with Gasteiger partial charge in [0.1, 0.15) is 5.82 Å². The molecule has 0 atom stereocenters. The highest BCUT2D eigenvalue weighted by atomic mass is 15.2. The minimum Gasteiger partial charge on any atom is -0.306 e. The van der Waals surface area contributed by atoms with E-state index in [1.54, 1.807) is 0 Å². The van der Waals surface area contributed by atoms with Gasteiger partial charge in [-0.2, -0.15) is 0 Å². The van der Waals surface area contributed by atoms with Gasteiger partial charge in [-0.05, 0) is 18.2 Å². The molecule has 1 aliphatic heterocycles. The van der Waals surface area contributed by atoms with Crippen molar-refractivity contribution in [1.82, 2.24) is 4.98 Å². The number of rotatable bonds is 1. The first-order valence-electron chi connectivity index (χ1n) is 4.99. The number of anilines is 1. The third kappa shape index (κ3) is 1.46. The Bertz CT molecular complexity index is 519. The number of aliphatic imine (C=N–C) groups is 1. The average Bonchev–Trinajstić information content (AvgIpc) is 2.82. The third-order valence-electron chi connectivity index (χ3n) is 2.49. The van der Waals surface area contributed by atoms with Gasteiger partial charge < -0.3 is 4.90 Å². The van der Waals surface area contributed by atoms with Gasteiger partial charge in [-0.25, -0.2) is 4.98 Å². The summed E-state index contributed by atoms with van der Waals surface area (Å²) >= 11 is 0. The molecule has 1 radical (unpaired) electrons. The molecular formula is C12H10N3. The molecule has 3 heteroatoms. The van der Waals surface area contributed by atoms with E-state index in [0.29, 0.717) is 0 Å². The number of nitrogens with zero attached hydrogens (tertiary/aromatic N) is 3. The zero-order valence-corrected chi connectivity index (χ0v) is 8.22. The first kappa shape index (κ1) is 8.41. The Morgan fingerprint density at radius 3 is 2.93 bits per heavy atom. The molecule has 0 aliphatic carbocycles. The summed E-state index contributed by atoms with van der Waals surface area (Å²) in [6.07, 6.45) is 2.93. The molecule has 1 aromatic heterocycles. The van der Waals surface area contributed by atoms with Crippen LogP contribution in [0.5, 0.6) is 0 Å². The fourth-order valence-electron chi connectivity index (χ4n) is 1.71. The smallest absolute Gasteiger partial charge is 0.173 e. The van der Waals surface area contributed by atoms with E-state index in [1.165, 1.54) is 0 Å². The molecule has 0 saturated carbocycles. The summed E-state index contributed by atoms with van der Waals surface area (Å²) in [4.78, 5) is 10.6. The van der Waals surface area contributed by atoms with Crippen LogP contribution in [0.3, 0.4) is 0 Å². The maximum atomic E-state index is 4.56. The van der Waals surface area contributed by atoms with Gasteiger partial charge in [0.2, 0.25) is 0 Å². The van der Waals surface area contributed by atoms with Gasteiger partial charge >= 0.3 is 0 Å². The van der Waals surface area contributed by atoms with Crippen LogP contribution in [-0.4, -0.2) is 24.4 Å². The summed E-state index contributed by atoms with van der Waals surface area (Å²) in [6.45, 7) is 1.69. The van der Waals surface area contributed by atoms with Crippen LogP contribution in [0.2, 0.25) is 0 Å². The maximum absolute atomic E-state index is 4.56. The average molecular weight is 196 g/mol. The van der Waals surface area contributed by atoms with Crippen molar-refractivity contribution in [2.75, 3.05) is 18.0 Å². The van der Waals surface area contributed by atoms with Crippen molar-refractivity contribution in [2.45, 2.75) is 0 Å². The fourth-order valence-corrected chi connectivity index (χ4v) is 1.71. The molecule has 0 N–H and O–H groups in total. The third-order valence-corrected chi connectivity index (χ3v) is 2.49. The summed E-state index contributed by atoms with van der Waals surface area (Å²) in [5, 5.41) is 1.16. The highest BCUT2D eigenvalue weighted by Crippen LogP contribution is 2.17. The van der Waals surface area contributed by atoms with Gasteiger partial charge in [-0.3, -0.25) is 4.99 Å². The van der Waals surface area contributed by atoms with Crippen LogP contribution in [0.1, 0.15) is 0 Å². The Morgan fingerprint density at radius 1 is 1.13 bits per heavy atom. The lowest BCUT2D eigenvalue weighted by atomic mass is 10.2. The molecule has 3 rings (SSSR count). The lowest BCUT2D eigenvalue weighted by Crippen LogP contribution is -2.19. The largest absolute Gasteiger partial charge is 0.306 e. The number of para-hydroxylation sites is 1. The Labute approximate surface area is 88.1 Å². The minimum atomic E-state index is 0.814. The summed E-state index contributed by atoms with van der Waals surface area (Å²) in [7, 11) is 0. The van der Waals surface area contributed by atoms with Crippen molar-refractivity contribution in [3.05, 3.63) is 36.4 Å². The van der Waals surface area contributed by atoms with E-state index in [0.717, 1.165) is 29.8 Å². The Morgan fingerprint density at radius 2 is 2.07 bits per heavy atom. The van der Waals surface area contributed by atoms with Crippen molar-refractivity contribution in [2.24, 2.45) is 4.99 Å². The molecule has 0 spiro atoms. The van der Waals surface area contributed by atoms with E-state index in [9.17, 15) is 0 Å². The minimum absolute atomic E-state index is 0.814. The lowest BCUT2D eigenvalue weighted by Gasteiger charge is -2.11.